The van der Waals surface area contributed by atoms with Crippen LogP contribution in [-0.2, 0) is 4.74 Å². The van der Waals surface area contributed by atoms with Gasteiger partial charge in [0.15, 0.2) is 0 Å². The van der Waals surface area contributed by atoms with Gasteiger partial charge in [0.05, 0.1) is 6.10 Å². The Balaban J connectivity index is 2.51. The minimum Gasteiger partial charge on any atom is -0.377 e. The fourth-order valence-corrected chi connectivity index (χ4v) is 1.83. The lowest BCUT2D eigenvalue weighted by Gasteiger charge is -2.30. The average molecular weight is 200 g/mol. The Hall–Kier alpha value is -0.120. The summed E-state index contributed by atoms with van der Waals surface area (Å²) in [5.74, 6) is 0.598. The van der Waals surface area contributed by atoms with Crippen molar-refractivity contribution in [3.8, 4) is 0 Å². The highest BCUT2D eigenvalue weighted by Gasteiger charge is 2.23. The van der Waals surface area contributed by atoms with Crippen LogP contribution in [0.4, 0.5) is 0 Å². The van der Waals surface area contributed by atoms with Gasteiger partial charge in [-0.2, -0.15) is 0 Å². The first kappa shape index (κ1) is 12.0. The van der Waals surface area contributed by atoms with Crippen LogP contribution in [0.25, 0.3) is 0 Å². The van der Waals surface area contributed by atoms with Crippen LogP contribution in [0.2, 0.25) is 0 Å². The summed E-state index contributed by atoms with van der Waals surface area (Å²) in [6.07, 6.45) is 1.51. The first-order chi connectivity index (χ1) is 6.65. The third-order valence-corrected chi connectivity index (χ3v) is 3.04. The molecule has 1 heterocycles. The number of rotatable bonds is 3. The van der Waals surface area contributed by atoms with E-state index >= 15 is 0 Å². The molecular formula is C11H24N2O. The van der Waals surface area contributed by atoms with Crippen LogP contribution >= 0.6 is 0 Å². The Morgan fingerprint density at radius 2 is 2.14 bits per heavy atom. The summed E-state index contributed by atoms with van der Waals surface area (Å²) < 4.78 is 5.81. The molecule has 0 radical (unpaired) electrons. The maximum absolute atomic E-state index is 5.81. The molecule has 0 aromatic rings. The number of nitrogens with two attached hydrogens (primary N) is 1. The smallest absolute Gasteiger partial charge is 0.0724 e. The second-order valence-corrected chi connectivity index (χ2v) is 4.59. The van der Waals surface area contributed by atoms with Crippen molar-refractivity contribution in [3.63, 3.8) is 0 Å². The van der Waals surface area contributed by atoms with Crippen molar-refractivity contribution in [2.45, 2.75) is 39.3 Å². The number of hydrogen-bond donors (Lipinski definition) is 1. The standard InChI is InChI=1S/C11H24N2O/c1-9(2)11-8-13(10(3)7-12)5-4-6-14-11/h9-11H,4-8,12H2,1-3H3. The Morgan fingerprint density at radius 3 is 2.71 bits per heavy atom. The molecule has 2 unspecified atom stereocenters. The van der Waals surface area contributed by atoms with Crippen molar-refractivity contribution in [2.75, 3.05) is 26.2 Å². The van der Waals surface area contributed by atoms with Gasteiger partial charge in [0.2, 0.25) is 0 Å². The normalized spacial score (nSPS) is 27.6. The summed E-state index contributed by atoms with van der Waals surface area (Å²) in [5, 5.41) is 0. The third kappa shape index (κ3) is 3.23. The fourth-order valence-electron chi connectivity index (χ4n) is 1.83. The molecule has 0 aliphatic carbocycles. The molecule has 2 atom stereocenters. The fraction of sp³-hybridized carbons (Fsp3) is 1.00. The molecule has 0 saturated carbocycles. The lowest BCUT2D eigenvalue weighted by atomic mass is 10.1. The van der Waals surface area contributed by atoms with Gasteiger partial charge in [-0.05, 0) is 19.3 Å². The van der Waals surface area contributed by atoms with E-state index in [0.29, 0.717) is 18.1 Å². The average Bonchev–Trinajstić information content (AvgIpc) is 2.41. The first-order valence-corrected chi connectivity index (χ1v) is 5.71. The van der Waals surface area contributed by atoms with Crippen LogP contribution in [0.3, 0.4) is 0 Å². The van der Waals surface area contributed by atoms with E-state index in [1.165, 1.54) is 0 Å². The van der Waals surface area contributed by atoms with Gasteiger partial charge < -0.3 is 10.5 Å². The van der Waals surface area contributed by atoms with E-state index in [-0.39, 0.29) is 0 Å². The largest absolute Gasteiger partial charge is 0.377 e. The maximum atomic E-state index is 5.81. The molecule has 0 aromatic heterocycles. The van der Waals surface area contributed by atoms with Gasteiger partial charge in [-0.15, -0.1) is 0 Å². The summed E-state index contributed by atoms with van der Waals surface area (Å²) in [6, 6.07) is 0.484. The molecule has 1 fully saturated rings. The number of ether oxygens (including phenoxy) is 1. The Kier molecular flexibility index (Phi) is 4.85. The molecule has 1 rings (SSSR count). The van der Waals surface area contributed by atoms with Crippen LogP contribution in [-0.4, -0.2) is 43.3 Å². The van der Waals surface area contributed by atoms with E-state index in [4.69, 9.17) is 10.5 Å². The molecule has 0 bridgehead atoms. The summed E-state index contributed by atoms with van der Waals surface area (Å²) in [7, 11) is 0. The number of nitrogens with zero attached hydrogens (tertiary/aromatic N) is 1. The Labute approximate surface area is 87.6 Å². The number of hydrogen-bond acceptors (Lipinski definition) is 3. The zero-order chi connectivity index (χ0) is 10.6. The highest BCUT2D eigenvalue weighted by molar-refractivity contribution is 4.76. The van der Waals surface area contributed by atoms with Crippen molar-refractivity contribution in [3.05, 3.63) is 0 Å². The van der Waals surface area contributed by atoms with Crippen molar-refractivity contribution >= 4 is 0 Å². The lowest BCUT2D eigenvalue weighted by molar-refractivity contribution is 0.0190. The van der Waals surface area contributed by atoms with E-state index in [2.05, 4.69) is 25.7 Å². The zero-order valence-electron chi connectivity index (χ0n) is 9.70. The molecule has 0 aromatic carbocycles. The van der Waals surface area contributed by atoms with Crippen LogP contribution in [0.1, 0.15) is 27.2 Å². The molecule has 1 aliphatic heterocycles. The van der Waals surface area contributed by atoms with Crippen molar-refractivity contribution in [1.82, 2.24) is 4.90 Å². The first-order valence-electron chi connectivity index (χ1n) is 5.71. The highest BCUT2D eigenvalue weighted by atomic mass is 16.5. The van der Waals surface area contributed by atoms with E-state index in [1.807, 2.05) is 0 Å². The molecule has 1 saturated heterocycles. The molecule has 1 aliphatic rings. The predicted molar refractivity (Wildman–Crippen MR) is 59.3 cm³/mol. The van der Waals surface area contributed by atoms with Gasteiger partial charge in [-0.1, -0.05) is 13.8 Å². The summed E-state index contributed by atoms with van der Waals surface area (Å²) in [4.78, 5) is 2.46. The van der Waals surface area contributed by atoms with Gasteiger partial charge in [-0.3, -0.25) is 4.90 Å². The van der Waals surface area contributed by atoms with Gasteiger partial charge in [0.1, 0.15) is 0 Å². The molecular weight excluding hydrogens is 176 g/mol. The van der Waals surface area contributed by atoms with Crippen molar-refractivity contribution < 1.29 is 4.74 Å². The monoisotopic (exact) mass is 200 g/mol. The van der Waals surface area contributed by atoms with E-state index < -0.39 is 0 Å². The van der Waals surface area contributed by atoms with E-state index in [1.54, 1.807) is 0 Å². The minimum absolute atomic E-state index is 0.381. The predicted octanol–water partition coefficient (Wildman–Crippen LogP) is 1.08. The van der Waals surface area contributed by atoms with Gasteiger partial charge in [0, 0.05) is 32.3 Å². The summed E-state index contributed by atoms with van der Waals surface area (Å²) in [5.41, 5.74) is 5.69. The lowest BCUT2D eigenvalue weighted by Crippen LogP contribution is -2.43. The summed E-state index contributed by atoms with van der Waals surface area (Å²) >= 11 is 0. The van der Waals surface area contributed by atoms with Gasteiger partial charge in [-0.25, -0.2) is 0 Å². The molecule has 0 amide bonds. The maximum Gasteiger partial charge on any atom is 0.0724 e. The van der Waals surface area contributed by atoms with E-state index in [9.17, 15) is 0 Å². The zero-order valence-corrected chi connectivity index (χ0v) is 9.70. The van der Waals surface area contributed by atoms with Gasteiger partial charge >= 0.3 is 0 Å². The molecule has 84 valence electrons. The Morgan fingerprint density at radius 1 is 1.43 bits per heavy atom. The SMILES string of the molecule is CC(C)C1CN(C(C)CN)CCCO1. The quantitative estimate of drug-likeness (QED) is 0.741. The van der Waals surface area contributed by atoms with Crippen molar-refractivity contribution in [1.29, 1.82) is 0 Å². The third-order valence-electron chi connectivity index (χ3n) is 3.04. The Bertz CT molecular complexity index is 161. The van der Waals surface area contributed by atoms with Gasteiger partial charge in [0.25, 0.3) is 0 Å². The topological polar surface area (TPSA) is 38.5 Å². The van der Waals surface area contributed by atoms with Crippen LogP contribution in [0, 0.1) is 5.92 Å². The molecule has 3 heteroatoms. The second-order valence-electron chi connectivity index (χ2n) is 4.59. The van der Waals surface area contributed by atoms with E-state index in [0.717, 1.165) is 32.7 Å². The minimum atomic E-state index is 0.381. The van der Waals surface area contributed by atoms with Crippen LogP contribution < -0.4 is 5.73 Å². The molecule has 2 N–H and O–H groups in total. The molecule has 14 heavy (non-hydrogen) atoms. The van der Waals surface area contributed by atoms with Crippen LogP contribution in [0.5, 0.6) is 0 Å². The molecule has 3 nitrogen and oxygen atoms in total. The highest BCUT2D eigenvalue weighted by Crippen LogP contribution is 2.14. The summed E-state index contributed by atoms with van der Waals surface area (Å²) in [6.45, 7) is 10.4. The second kappa shape index (κ2) is 5.69. The van der Waals surface area contributed by atoms with Crippen LogP contribution in [0.15, 0.2) is 0 Å². The molecule has 0 spiro atoms. The van der Waals surface area contributed by atoms with Crippen molar-refractivity contribution in [2.24, 2.45) is 11.7 Å².